The van der Waals surface area contributed by atoms with Crippen LogP contribution in [0, 0.1) is 6.92 Å². The molecule has 1 atom stereocenters. The highest BCUT2D eigenvalue weighted by atomic mass is 35.5. The van der Waals surface area contributed by atoms with Gasteiger partial charge in [0.2, 0.25) is 0 Å². The van der Waals surface area contributed by atoms with E-state index in [9.17, 15) is 13.8 Å². The van der Waals surface area contributed by atoms with Gasteiger partial charge >= 0.3 is 6.03 Å². The second-order valence-electron chi connectivity index (χ2n) is 5.06. The summed E-state index contributed by atoms with van der Waals surface area (Å²) in [4.78, 5) is 24.4. The van der Waals surface area contributed by atoms with E-state index in [0.717, 1.165) is 5.56 Å². The molecule has 1 N–H and O–H groups in total. The number of hydrogen-bond donors (Lipinski definition) is 1. The first-order valence-corrected chi connectivity index (χ1v) is 9.47. The highest BCUT2D eigenvalue weighted by Gasteiger charge is 2.18. The molecular formula is C16H14Cl2N2O3S. The highest BCUT2D eigenvalue weighted by Crippen LogP contribution is 2.24. The summed E-state index contributed by atoms with van der Waals surface area (Å²) in [5, 5.41) is 2.22. The molecule has 0 unspecified atom stereocenters. The minimum atomic E-state index is -2.98. The lowest BCUT2D eigenvalue weighted by atomic mass is 10.2. The van der Waals surface area contributed by atoms with Gasteiger partial charge in [0.25, 0.3) is 5.91 Å². The van der Waals surface area contributed by atoms with Crippen molar-refractivity contribution in [3.05, 3.63) is 63.6 Å². The lowest BCUT2D eigenvalue weighted by Gasteiger charge is -2.07. The van der Waals surface area contributed by atoms with Gasteiger partial charge in [-0.25, -0.2) is 9.00 Å². The van der Waals surface area contributed by atoms with E-state index in [4.69, 9.17) is 23.2 Å². The van der Waals surface area contributed by atoms with Crippen LogP contribution in [0.15, 0.2) is 51.7 Å². The Morgan fingerprint density at radius 3 is 2.12 bits per heavy atom. The van der Waals surface area contributed by atoms with E-state index in [-0.39, 0.29) is 15.6 Å². The summed E-state index contributed by atoms with van der Waals surface area (Å²) in [7, 11) is -2.98. The molecule has 8 heteroatoms. The molecule has 0 aliphatic rings. The number of benzene rings is 2. The molecule has 0 spiro atoms. The summed E-state index contributed by atoms with van der Waals surface area (Å²) in [6.45, 7) is 1.89. The first-order valence-electron chi connectivity index (χ1n) is 6.79. The molecule has 0 heterocycles. The number of halogens is 2. The molecule has 2 rings (SSSR count). The van der Waals surface area contributed by atoms with Gasteiger partial charge in [0.05, 0.1) is 25.3 Å². The normalized spacial score (nSPS) is 13.0. The van der Waals surface area contributed by atoms with Gasteiger partial charge in [-0.15, -0.1) is 4.36 Å². The number of nitrogens with one attached hydrogen (secondary N) is 1. The van der Waals surface area contributed by atoms with E-state index < -0.39 is 21.7 Å². The number of aryl methyl sites for hydroxylation is 1. The molecule has 0 radical (unpaired) electrons. The van der Waals surface area contributed by atoms with Crippen LogP contribution in [0.25, 0.3) is 0 Å². The summed E-state index contributed by atoms with van der Waals surface area (Å²) >= 11 is 11.8. The van der Waals surface area contributed by atoms with Crippen molar-refractivity contribution in [3.8, 4) is 0 Å². The van der Waals surface area contributed by atoms with Gasteiger partial charge in [0.1, 0.15) is 0 Å². The summed E-state index contributed by atoms with van der Waals surface area (Å²) in [6.07, 6.45) is 1.32. The maximum Gasteiger partial charge on any atom is 0.356 e. The summed E-state index contributed by atoms with van der Waals surface area (Å²) in [5.74, 6) is -0.807. The summed E-state index contributed by atoms with van der Waals surface area (Å²) < 4.78 is 16.2. The van der Waals surface area contributed by atoms with Crippen molar-refractivity contribution >= 4 is 44.9 Å². The van der Waals surface area contributed by atoms with E-state index in [1.807, 2.05) is 12.2 Å². The van der Waals surface area contributed by atoms with Crippen LogP contribution in [0.4, 0.5) is 4.79 Å². The molecule has 3 amide bonds. The van der Waals surface area contributed by atoms with E-state index in [2.05, 4.69) is 4.36 Å². The van der Waals surface area contributed by atoms with Crippen molar-refractivity contribution in [2.75, 3.05) is 6.26 Å². The molecule has 0 aliphatic heterocycles. The van der Waals surface area contributed by atoms with Crippen molar-refractivity contribution in [1.29, 1.82) is 0 Å². The number of carbonyl (C=O) groups is 2. The molecule has 126 valence electrons. The number of imide groups is 1. The number of rotatable bonds is 2. The smallest absolute Gasteiger partial charge is 0.271 e. The van der Waals surface area contributed by atoms with Crippen molar-refractivity contribution < 1.29 is 13.8 Å². The maximum atomic E-state index is 12.6. The monoisotopic (exact) mass is 384 g/mol. The standard InChI is InChI=1S/C16H14Cl2N2O3S/c1-10-6-8-11(9-7-10)24(2,23)20-16(22)19-15(21)14-12(17)4-3-5-13(14)18/h3-9H,1-2H3,(H,19,21,22)/t24-/m1/s1. The van der Waals surface area contributed by atoms with Gasteiger partial charge in [0, 0.05) is 11.2 Å². The van der Waals surface area contributed by atoms with Gasteiger partial charge in [0.15, 0.2) is 0 Å². The van der Waals surface area contributed by atoms with Crippen LogP contribution >= 0.6 is 23.2 Å². The first kappa shape index (κ1) is 18.4. The fraction of sp³-hybridized carbons (Fsp3) is 0.125. The van der Waals surface area contributed by atoms with Crippen molar-refractivity contribution in [2.24, 2.45) is 4.36 Å². The van der Waals surface area contributed by atoms with Crippen LogP contribution in [0.2, 0.25) is 10.0 Å². The second kappa shape index (κ2) is 7.34. The molecule has 0 saturated carbocycles. The minimum absolute atomic E-state index is 0.0395. The van der Waals surface area contributed by atoms with Crippen molar-refractivity contribution in [3.63, 3.8) is 0 Å². The zero-order valence-corrected chi connectivity index (χ0v) is 15.2. The van der Waals surface area contributed by atoms with Gasteiger partial charge in [-0.2, -0.15) is 0 Å². The Labute approximate surface area is 150 Å². The Kier molecular flexibility index (Phi) is 5.64. The van der Waals surface area contributed by atoms with Gasteiger partial charge in [-0.1, -0.05) is 47.0 Å². The van der Waals surface area contributed by atoms with Gasteiger partial charge < -0.3 is 0 Å². The molecule has 0 aromatic heterocycles. The Hall–Kier alpha value is -1.89. The number of carbonyl (C=O) groups excluding carboxylic acids is 2. The number of amides is 3. The molecule has 2 aromatic carbocycles. The SMILES string of the molecule is Cc1ccc([S@@](C)(=O)=NC(=O)NC(=O)c2c(Cl)cccc2Cl)cc1. The summed E-state index contributed by atoms with van der Waals surface area (Å²) in [5.41, 5.74) is 0.948. The number of nitrogens with zero attached hydrogens (tertiary/aromatic N) is 1. The van der Waals surface area contributed by atoms with Crippen LogP contribution in [0.1, 0.15) is 15.9 Å². The molecule has 0 aliphatic carbocycles. The lowest BCUT2D eigenvalue weighted by Crippen LogP contribution is -2.29. The Balaban J connectivity index is 2.25. The predicted octanol–water partition coefficient (Wildman–Crippen LogP) is 4.31. The van der Waals surface area contributed by atoms with Gasteiger partial charge in [-0.05, 0) is 31.2 Å². The van der Waals surface area contributed by atoms with Crippen LogP contribution in [0.3, 0.4) is 0 Å². The van der Waals surface area contributed by atoms with Crippen molar-refractivity contribution in [1.82, 2.24) is 5.32 Å². The van der Waals surface area contributed by atoms with Crippen LogP contribution < -0.4 is 5.32 Å². The number of hydrogen-bond acceptors (Lipinski definition) is 3. The van der Waals surface area contributed by atoms with Gasteiger partial charge in [-0.3, -0.25) is 10.1 Å². The first-order chi connectivity index (χ1) is 11.2. The molecule has 0 saturated heterocycles. The van der Waals surface area contributed by atoms with Crippen LogP contribution in [-0.4, -0.2) is 22.4 Å². The second-order valence-corrected chi connectivity index (χ2v) is 8.14. The third kappa shape index (κ3) is 4.35. The average Bonchev–Trinajstić information content (AvgIpc) is 2.46. The van der Waals surface area contributed by atoms with E-state index in [1.165, 1.54) is 18.4 Å². The molecule has 5 nitrogen and oxygen atoms in total. The highest BCUT2D eigenvalue weighted by molar-refractivity contribution is 7.93. The van der Waals surface area contributed by atoms with E-state index in [0.29, 0.717) is 4.90 Å². The maximum absolute atomic E-state index is 12.6. The van der Waals surface area contributed by atoms with Crippen molar-refractivity contribution in [2.45, 2.75) is 11.8 Å². The fourth-order valence-corrected chi connectivity index (χ4v) is 3.58. The molecule has 24 heavy (non-hydrogen) atoms. The number of urea groups is 1. The zero-order chi connectivity index (χ0) is 17.9. The molecule has 0 fully saturated rings. The fourth-order valence-electron chi connectivity index (χ4n) is 1.90. The Morgan fingerprint density at radius 2 is 1.58 bits per heavy atom. The molecular weight excluding hydrogens is 371 g/mol. The topological polar surface area (TPSA) is 75.6 Å². The van der Waals surface area contributed by atoms with E-state index in [1.54, 1.807) is 30.3 Å². The quantitative estimate of drug-likeness (QED) is 0.837. The largest absolute Gasteiger partial charge is 0.356 e. The average molecular weight is 385 g/mol. The van der Waals surface area contributed by atoms with Crippen LogP contribution in [-0.2, 0) is 9.73 Å². The third-order valence-corrected chi connectivity index (χ3v) is 5.42. The lowest BCUT2D eigenvalue weighted by molar-refractivity contribution is 0.0966. The molecule has 0 bridgehead atoms. The van der Waals surface area contributed by atoms with Crippen LogP contribution in [0.5, 0.6) is 0 Å². The predicted molar refractivity (Wildman–Crippen MR) is 95.3 cm³/mol. The van der Waals surface area contributed by atoms with E-state index >= 15 is 0 Å². The minimum Gasteiger partial charge on any atom is -0.271 e. The summed E-state index contributed by atoms with van der Waals surface area (Å²) in [6, 6.07) is 10.3. The third-order valence-electron chi connectivity index (χ3n) is 3.13. The molecule has 2 aromatic rings. The zero-order valence-electron chi connectivity index (χ0n) is 12.9. The Morgan fingerprint density at radius 1 is 1.04 bits per heavy atom. The Bertz CT molecular complexity index is 897.